The summed E-state index contributed by atoms with van der Waals surface area (Å²) in [6.45, 7) is 0.364. The first-order valence-corrected chi connectivity index (χ1v) is 9.99. The van der Waals surface area contributed by atoms with E-state index in [1.165, 1.54) is 0 Å². The summed E-state index contributed by atoms with van der Waals surface area (Å²) in [4.78, 5) is 21.3. The molecule has 8 heteroatoms. The number of amides is 1. The average molecular weight is 429 g/mol. The van der Waals surface area contributed by atoms with E-state index in [9.17, 15) is 4.79 Å². The molecule has 3 aromatic heterocycles. The van der Waals surface area contributed by atoms with Crippen molar-refractivity contribution in [1.29, 1.82) is 0 Å². The number of nitrogens with one attached hydrogen (secondary N) is 1. The highest BCUT2D eigenvalue weighted by atomic mass is 16.5. The number of pyridine rings is 2. The van der Waals surface area contributed by atoms with Crippen LogP contribution in [0, 0.1) is 0 Å². The number of hydrogen-bond acceptors (Lipinski definition) is 6. The van der Waals surface area contributed by atoms with Crippen molar-refractivity contribution in [2.24, 2.45) is 7.05 Å². The Morgan fingerprint density at radius 3 is 2.53 bits per heavy atom. The Balaban J connectivity index is 1.52. The van der Waals surface area contributed by atoms with Crippen LogP contribution in [-0.4, -0.2) is 39.9 Å². The lowest BCUT2D eigenvalue weighted by atomic mass is 10.1. The topological polar surface area (TPSA) is 91.2 Å². The average Bonchev–Trinajstić information content (AvgIpc) is 3.24. The van der Waals surface area contributed by atoms with Crippen molar-refractivity contribution >= 4 is 5.91 Å². The molecule has 0 aliphatic carbocycles. The first-order chi connectivity index (χ1) is 15.6. The van der Waals surface area contributed by atoms with Crippen LogP contribution in [0.2, 0.25) is 0 Å². The summed E-state index contributed by atoms with van der Waals surface area (Å²) in [7, 11) is 4.93. The molecule has 1 amide bonds. The van der Waals surface area contributed by atoms with Gasteiger partial charge in [0, 0.05) is 43.3 Å². The lowest BCUT2D eigenvalue weighted by Crippen LogP contribution is -2.25. The maximum absolute atomic E-state index is 12.9. The summed E-state index contributed by atoms with van der Waals surface area (Å²) in [5, 5.41) is 7.45. The van der Waals surface area contributed by atoms with Gasteiger partial charge in [-0.05, 0) is 54.1 Å². The van der Waals surface area contributed by atoms with Crippen LogP contribution < -0.4 is 14.8 Å². The number of rotatable bonds is 7. The maximum Gasteiger partial charge on any atom is 0.269 e. The van der Waals surface area contributed by atoms with Crippen molar-refractivity contribution in [1.82, 2.24) is 25.1 Å². The van der Waals surface area contributed by atoms with Crippen molar-refractivity contribution in [2.45, 2.75) is 6.54 Å². The monoisotopic (exact) mass is 429 g/mol. The molecule has 0 radical (unpaired) electrons. The third-order valence-electron chi connectivity index (χ3n) is 5.05. The Kier molecular flexibility index (Phi) is 6.12. The molecule has 1 N–H and O–H groups in total. The summed E-state index contributed by atoms with van der Waals surface area (Å²) in [5.74, 6) is 1.10. The second-order valence-corrected chi connectivity index (χ2v) is 7.07. The normalized spacial score (nSPS) is 10.6. The summed E-state index contributed by atoms with van der Waals surface area (Å²) in [6.07, 6.45) is 5.18. The third kappa shape index (κ3) is 4.44. The quantitative estimate of drug-likeness (QED) is 0.484. The van der Waals surface area contributed by atoms with Crippen LogP contribution >= 0.6 is 0 Å². The molecule has 0 unspecified atom stereocenters. The largest absolute Gasteiger partial charge is 0.497 e. The standard InChI is InChI=1S/C24H23N5O3/c1-29-22(14-21(28-29)19-13-18(31-2)4-5-23(19)32-3)24(30)27-15-16-6-11-26-20(12-16)17-7-9-25-10-8-17/h4-14H,15H2,1-3H3,(H,27,30). The molecule has 162 valence electrons. The third-order valence-corrected chi connectivity index (χ3v) is 5.05. The zero-order valence-electron chi connectivity index (χ0n) is 18.1. The molecule has 0 atom stereocenters. The van der Waals surface area contributed by atoms with Gasteiger partial charge < -0.3 is 14.8 Å². The zero-order valence-corrected chi connectivity index (χ0v) is 18.1. The second-order valence-electron chi connectivity index (χ2n) is 7.07. The Labute approximate surface area is 185 Å². The summed E-state index contributed by atoms with van der Waals surface area (Å²) in [5.41, 5.74) is 4.55. The molecule has 4 rings (SSSR count). The van der Waals surface area contributed by atoms with Crippen molar-refractivity contribution in [2.75, 3.05) is 14.2 Å². The van der Waals surface area contributed by atoms with Gasteiger partial charge in [0.05, 0.1) is 25.6 Å². The molecule has 3 heterocycles. The number of aromatic nitrogens is 4. The molecule has 8 nitrogen and oxygen atoms in total. The molecule has 4 aromatic rings. The highest BCUT2D eigenvalue weighted by Crippen LogP contribution is 2.33. The molecule has 32 heavy (non-hydrogen) atoms. The lowest BCUT2D eigenvalue weighted by molar-refractivity contribution is 0.0941. The Hall–Kier alpha value is -4.20. The van der Waals surface area contributed by atoms with E-state index in [1.807, 2.05) is 42.5 Å². The molecule has 0 aliphatic rings. The number of benzene rings is 1. The maximum atomic E-state index is 12.9. The number of carbonyl (C=O) groups is 1. The van der Waals surface area contributed by atoms with Gasteiger partial charge in [0.1, 0.15) is 17.2 Å². The molecule has 1 aromatic carbocycles. The molecular formula is C24H23N5O3. The molecule has 0 bridgehead atoms. The number of carbonyl (C=O) groups excluding carboxylic acids is 1. The highest BCUT2D eigenvalue weighted by molar-refractivity contribution is 5.94. The van der Waals surface area contributed by atoms with Crippen LogP contribution in [0.3, 0.4) is 0 Å². The number of hydrogen-bond donors (Lipinski definition) is 1. The van der Waals surface area contributed by atoms with Gasteiger partial charge in [-0.3, -0.25) is 19.4 Å². The molecule has 0 saturated carbocycles. The van der Waals surface area contributed by atoms with Crippen molar-refractivity contribution < 1.29 is 14.3 Å². The van der Waals surface area contributed by atoms with Crippen molar-refractivity contribution in [3.63, 3.8) is 0 Å². The molecule has 0 aliphatic heterocycles. The van der Waals surface area contributed by atoms with Gasteiger partial charge in [-0.1, -0.05) is 0 Å². The minimum absolute atomic E-state index is 0.226. The first kappa shape index (κ1) is 21.0. The van der Waals surface area contributed by atoms with E-state index in [-0.39, 0.29) is 5.91 Å². The molecule has 0 saturated heterocycles. The van der Waals surface area contributed by atoms with E-state index in [1.54, 1.807) is 50.6 Å². The van der Waals surface area contributed by atoms with Crippen LogP contribution in [0.5, 0.6) is 11.5 Å². The zero-order chi connectivity index (χ0) is 22.5. The molecule has 0 spiro atoms. The highest BCUT2D eigenvalue weighted by Gasteiger charge is 2.17. The van der Waals surface area contributed by atoms with Gasteiger partial charge in [-0.15, -0.1) is 0 Å². The number of methoxy groups -OCH3 is 2. The summed E-state index contributed by atoms with van der Waals surface area (Å²) >= 11 is 0. The van der Waals surface area contributed by atoms with Crippen LogP contribution in [0.25, 0.3) is 22.5 Å². The van der Waals surface area contributed by atoms with E-state index in [0.717, 1.165) is 22.4 Å². The lowest BCUT2D eigenvalue weighted by Gasteiger charge is -2.08. The number of ether oxygens (including phenoxy) is 2. The minimum atomic E-state index is -0.226. The molecule has 0 fully saturated rings. The predicted octanol–water partition coefficient (Wildman–Crippen LogP) is 3.49. The van der Waals surface area contributed by atoms with Gasteiger partial charge >= 0.3 is 0 Å². The van der Waals surface area contributed by atoms with E-state index in [4.69, 9.17) is 9.47 Å². The fraction of sp³-hybridized carbons (Fsp3) is 0.167. The van der Waals surface area contributed by atoms with Crippen LogP contribution in [0.4, 0.5) is 0 Å². The second kappa shape index (κ2) is 9.30. The Morgan fingerprint density at radius 1 is 0.969 bits per heavy atom. The summed E-state index contributed by atoms with van der Waals surface area (Å²) in [6, 6.07) is 14.8. The van der Waals surface area contributed by atoms with E-state index in [0.29, 0.717) is 29.4 Å². The smallest absolute Gasteiger partial charge is 0.269 e. The number of nitrogens with zero attached hydrogens (tertiary/aromatic N) is 4. The van der Waals surface area contributed by atoms with E-state index < -0.39 is 0 Å². The van der Waals surface area contributed by atoms with Crippen molar-refractivity contribution in [3.05, 3.63) is 78.4 Å². The van der Waals surface area contributed by atoms with Gasteiger partial charge in [0.25, 0.3) is 5.91 Å². The minimum Gasteiger partial charge on any atom is -0.497 e. The van der Waals surface area contributed by atoms with Crippen LogP contribution in [0.15, 0.2) is 67.1 Å². The van der Waals surface area contributed by atoms with Crippen LogP contribution in [-0.2, 0) is 13.6 Å². The van der Waals surface area contributed by atoms with Gasteiger partial charge in [0.2, 0.25) is 0 Å². The fourth-order valence-corrected chi connectivity index (χ4v) is 3.36. The molecular weight excluding hydrogens is 406 g/mol. The number of aryl methyl sites for hydroxylation is 1. The first-order valence-electron chi connectivity index (χ1n) is 9.99. The van der Waals surface area contributed by atoms with Gasteiger partial charge in [-0.2, -0.15) is 5.10 Å². The fourth-order valence-electron chi connectivity index (χ4n) is 3.36. The Bertz CT molecular complexity index is 1240. The van der Waals surface area contributed by atoms with E-state index in [2.05, 4.69) is 20.4 Å². The predicted molar refractivity (Wildman–Crippen MR) is 120 cm³/mol. The Morgan fingerprint density at radius 2 is 1.78 bits per heavy atom. The SMILES string of the molecule is COc1ccc(OC)c(-c2cc(C(=O)NCc3ccnc(-c4ccncc4)c3)n(C)n2)c1. The van der Waals surface area contributed by atoms with E-state index >= 15 is 0 Å². The van der Waals surface area contributed by atoms with Gasteiger partial charge in [0.15, 0.2) is 0 Å². The van der Waals surface area contributed by atoms with Gasteiger partial charge in [-0.25, -0.2) is 0 Å². The van der Waals surface area contributed by atoms with Crippen LogP contribution in [0.1, 0.15) is 16.1 Å². The van der Waals surface area contributed by atoms with Crippen molar-refractivity contribution in [3.8, 4) is 34.0 Å². The summed E-state index contributed by atoms with van der Waals surface area (Å²) < 4.78 is 12.3.